The first-order valence-corrected chi connectivity index (χ1v) is 8.15. The molecule has 3 aromatic rings. The van der Waals surface area contributed by atoms with Crippen LogP contribution in [0, 0.1) is 0 Å². The Labute approximate surface area is 137 Å². The second-order valence-electron chi connectivity index (χ2n) is 6.08. The maximum atomic E-state index is 13.4. The number of hydrogen-bond acceptors (Lipinski definition) is 3. The van der Waals surface area contributed by atoms with E-state index in [9.17, 15) is 8.78 Å². The number of halogens is 2. The molecule has 0 N–H and O–H groups in total. The van der Waals surface area contributed by atoms with Crippen LogP contribution in [0.15, 0.2) is 36.9 Å². The van der Waals surface area contributed by atoms with Crippen LogP contribution < -0.4 is 0 Å². The van der Waals surface area contributed by atoms with Crippen molar-refractivity contribution in [3.8, 4) is 11.5 Å². The van der Waals surface area contributed by atoms with Crippen LogP contribution in [0.1, 0.15) is 50.3 Å². The Hall–Kier alpha value is -2.51. The molecule has 1 aliphatic carbocycles. The molecule has 8 heteroatoms. The van der Waals surface area contributed by atoms with Gasteiger partial charge in [0.05, 0.1) is 18.4 Å². The molecule has 0 bridgehead atoms. The summed E-state index contributed by atoms with van der Waals surface area (Å²) in [7, 11) is 0. The molecule has 0 aliphatic heterocycles. The number of aromatic nitrogens is 6. The van der Waals surface area contributed by atoms with Gasteiger partial charge in [0.1, 0.15) is 5.69 Å². The number of rotatable bonds is 4. The lowest BCUT2D eigenvalue weighted by atomic mass is 9.96. The van der Waals surface area contributed by atoms with Crippen LogP contribution in [0.3, 0.4) is 0 Å². The van der Waals surface area contributed by atoms with Crippen LogP contribution >= 0.6 is 0 Å². The molecule has 1 aliphatic rings. The van der Waals surface area contributed by atoms with Gasteiger partial charge in [0.15, 0.2) is 11.5 Å². The number of alkyl halides is 2. The molecule has 0 aromatic carbocycles. The molecule has 0 radical (unpaired) electrons. The molecule has 0 amide bonds. The Morgan fingerprint density at radius 1 is 1.04 bits per heavy atom. The van der Waals surface area contributed by atoms with Crippen LogP contribution in [-0.2, 0) is 0 Å². The predicted octanol–water partition coefficient (Wildman–Crippen LogP) is 3.70. The van der Waals surface area contributed by atoms with E-state index in [0.717, 1.165) is 25.7 Å². The van der Waals surface area contributed by atoms with E-state index >= 15 is 0 Å². The zero-order chi connectivity index (χ0) is 16.5. The van der Waals surface area contributed by atoms with E-state index in [1.54, 1.807) is 21.6 Å². The van der Waals surface area contributed by atoms with E-state index in [1.165, 1.54) is 11.1 Å². The standard InChI is InChI=1S/C16H18F2N6/c17-16(18)15-13(10-23(20-15)12-6-2-1-3-7-12)24-11-14(19-21-24)22-8-4-5-9-22/h4-5,8-12,16H,1-3,6-7H2. The van der Waals surface area contributed by atoms with Gasteiger partial charge in [-0.25, -0.2) is 13.5 Å². The molecule has 0 spiro atoms. The van der Waals surface area contributed by atoms with Crippen LogP contribution in [0.5, 0.6) is 0 Å². The monoisotopic (exact) mass is 332 g/mol. The lowest BCUT2D eigenvalue weighted by Crippen LogP contribution is -2.13. The summed E-state index contributed by atoms with van der Waals surface area (Å²) in [6.45, 7) is 0. The molecule has 0 atom stereocenters. The van der Waals surface area contributed by atoms with Gasteiger partial charge in [-0.1, -0.05) is 24.5 Å². The van der Waals surface area contributed by atoms with Gasteiger partial charge in [-0.2, -0.15) is 5.10 Å². The van der Waals surface area contributed by atoms with E-state index in [1.807, 2.05) is 24.5 Å². The van der Waals surface area contributed by atoms with Crippen LogP contribution in [0.2, 0.25) is 0 Å². The average Bonchev–Trinajstić information content (AvgIpc) is 3.33. The Morgan fingerprint density at radius 3 is 2.50 bits per heavy atom. The fourth-order valence-corrected chi connectivity index (χ4v) is 3.24. The Morgan fingerprint density at radius 2 is 1.79 bits per heavy atom. The van der Waals surface area contributed by atoms with Crippen molar-refractivity contribution in [1.29, 1.82) is 0 Å². The van der Waals surface area contributed by atoms with E-state index in [0.29, 0.717) is 11.5 Å². The van der Waals surface area contributed by atoms with Crippen molar-refractivity contribution >= 4 is 0 Å². The smallest absolute Gasteiger partial charge is 0.284 e. The average molecular weight is 332 g/mol. The van der Waals surface area contributed by atoms with Gasteiger partial charge in [-0.3, -0.25) is 4.68 Å². The van der Waals surface area contributed by atoms with Crippen molar-refractivity contribution in [2.75, 3.05) is 0 Å². The van der Waals surface area contributed by atoms with E-state index in [2.05, 4.69) is 15.4 Å². The van der Waals surface area contributed by atoms with Crippen LogP contribution in [0.4, 0.5) is 8.78 Å². The van der Waals surface area contributed by atoms with Gasteiger partial charge < -0.3 is 4.57 Å². The van der Waals surface area contributed by atoms with Gasteiger partial charge in [-0.05, 0) is 25.0 Å². The van der Waals surface area contributed by atoms with Crippen molar-refractivity contribution in [3.63, 3.8) is 0 Å². The third-order valence-corrected chi connectivity index (χ3v) is 4.49. The normalized spacial score (nSPS) is 16.1. The molecule has 24 heavy (non-hydrogen) atoms. The van der Waals surface area contributed by atoms with Gasteiger partial charge in [-0.15, -0.1) is 5.10 Å². The first-order chi connectivity index (χ1) is 11.7. The van der Waals surface area contributed by atoms with Crippen molar-refractivity contribution in [1.82, 2.24) is 29.3 Å². The molecule has 0 unspecified atom stereocenters. The summed E-state index contributed by atoms with van der Waals surface area (Å²) < 4.78 is 31.7. The summed E-state index contributed by atoms with van der Waals surface area (Å²) in [5.74, 6) is 0.575. The third kappa shape index (κ3) is 2.72. The minimum atomic E-state index is -2.65. The van der Waals surface area contributed by atoms with Gasteiger partial charge >= 0.3 is 0 Å². The maximum absolute atomic E-state index is 13.4. The summed E-state index contributed by atoms with van der Waals surface area (Å²) in [6, 6.07) is 3.92. The largest absolute Gasteiger partial charge is 0.306 e. The van der Waals surface area contributed by atoms with Gasteiger partial charge in [0.2, 0.25) is 0 Å². The van der Waals surface area contributed by atoms with Crippen molar-refractivity contribution in [2.24, 2.45) is 0 Å². The second kappa shape index (κ2) is 6.18. The Kier molecular flexibility index (Phi) is 3.87. The van der Waals surface area contributed by atoms with Crippen LogP contribution in [-0.4, -0.2) is 29.3 Å². The zero-order valence-corrected chi connectivity index (χ0v) is 13.1. The molecule has 1 saturated carbocycles. The Bertz CT molecular complexity index is 799. The SMILES string of the molecule is FC(F)c1nn(C2CCCCC2)cc1-n1cc(-n2cccc2)nn1. The molecular formula is C16H18F2N6. The van der Waals surface area contributed by atoms with E-state index in [-0.39, 0.29) is 11.7 Å². The molecule has 1 fully saturated rings. The van der Waals surface area contributed by atoms with E-state index < -0.39 is 6.43 Å². The summed E-state index contributed by atoms with van der Waals surface area (Å²) >= 11 is 0. The highest BCUT2D eigenvalue weighted by Gasteiger charge is 2.24. The quantitative estimate of drug-likeness (QED) is 0.732. The highest BCUT2D eigenvalue weighted by atomic mass is 19.3. The zero-order valence-electron chi connectivity index (χ0n) is 13.1. The lowest BCUT2D eigenvalue weighted by Gasteiger charge is -2.21. The molecule has 6 nitrogen and oxygen atoms in total. The fraction of sp³-hybridized carbons (Fsp3) is 0.438. The minimum absolute atomic E-state index is 0.192. The molecule has 0 saturated heterocycles. The van der Waals surface area contributed by atoms with Gasteiger partial charge in [0.25, 0.3) is 6.43 Å². The second-order valence-corrected chi connectivity index (χ2v) is 6.08. The lowest BCUT2D eigenvalue weighted by molar-refractivity contribution is 0.143. The first-order valence-electron chi connectivity index (χ1n) is 8.15. The molecule has 3 aromatic heterocycles. The first kappa shape index (κ1) is 15.0. The highest BCUT2D eigenvalue weighted by Crippen LogP contribution is 2.31. The summed E-state index contributed by atoms with van der Waals surface area (Å²) in [4.78, 5) is 0. The predicted molar refractivity (Wildman–Crippen MR) is 83.6 cm³/mol. The topological polar surface area (TPSA) is 53.5 Å². The minimum Gasteiger partial charge on any atom is -0.306 e. The molecule has 126 valence electrons. The van der Waals surface area contributed by atoms with Crippen molar-refractivity contribution in [3.05, 3.63) is 42.6 Å². The summed E-state index contributed by atoms with van der Waals surface area (Å²) in [5, 5.41) is 12.2. The molecular weight excluding hydrogens is 314 g/mol. The van der Waals surface area contributed by atoms with E-state index in [4.69, 9.17) is 0 Å². The third-order valence-electron chi connectivity index (χ3n) is 4.49. The highest BCUT2D eigenvalue weighted by molar-refractivity contribution is 5.36. The maximum Gasteiger partial charge on any atom is 0.284 e. The van der Waals surface area contributed by atoms with Crippen molar-refractivity contribution < 1.29 is 8.78 Å². The summed E-state index contributed by atoms with van der Waals surface area (Å²) in [5.41, 5.74) is 0.0472. The summed E-state index contributed by atoms with van der Waals surface area (Å²) in [6.07, 6.45) is 9.71. The van der Waals surface area contributed by atoms with Crippen LogP contribution in [0.25, 0.3) is 11.5 Å². The number of nitrogens with zero attached hydrogens (tertiary/aromatic N) is 6. The van der Waals surface area contributed by atoms with Crippen molar-refractivity contribution in [2.45, 2.75) is 44.6 Å². The van der Waals surface area contributed by atoms with Gasteiger partial charge in [0, 0.05) is 12.4 Å². The Balaban J connectivity index is 1.70. The fourth-order valence-electron chi connectivity index (χ4n) is 3.24. The number of hydrogen-bond donors (Lipinski definition) is 0. The molecule has 4 rings (SSSR count). The molecule has 3 heterocycles.